The number of ether oxygens (including phenoxy) is 1. The van der Waals surface area contributed by atoms with E-state index in [4.69, 9.17) is 10.5 Å². The van der Waals surface area contributed by atoms with E-state index in [0.717, 1.165) is 17.5 Å². The van der Waals surface area contributed by atoms with Crippen LogP contribution in [0.3, 0.4) is 0 Å². The molecule has 27 heavy (non-hydrogen) atoms. The van der Waals surface area contributed by atoms with E-state index in [0.29, 0.717) is 0 Å². The second kappa shape index (κ2) is 7.44. The number of sulfone groups is 1. The highest BCUT2D eigenvalue weighted by atomic mass is 32.2. The number of aryl methyl sites for hydroxylation is 1. The van der Waals surface area contributed by atoms with Crippen LogP contribution in [0.15, 0.2) is 59.5 Å². The highest BCUT2D eigenvalue weighted by molar-refractivity contribution is 7.92. The Hall–Kier alpha value is -2.18. The largest absolute Gasteiger partial charge is 0.465 e. The zero-order chi connectivity index (χ0) is 19.7. The standard InChI is InChI=1S/C21H25NO4S/c1-3-15-10-12-16(13-11-15)18-19(21(18,14-22)20(23)26-4-2)27(24,25)17-8-6-5-7-9-17/h5-13,18-19H,3-4,14,22H2,1-2H3/t18-,19-,21-/m0/s1. The monoisotopic (exact) mass is 387 g/mol. The Morgan fingerprint density at radius 2 is 1.70 bits per heavy atom. The van der Waals surface area contributed by atoms with Gasteiger partial charge in [0.05, 0.1) is 16.8 Å². The maximum absolute atomic E-state index is 13.3. The van der Waals surface area contributed by atoms with Gasteiger partial charge in [-0.2, -0.15) is 0 Å². The van der Waals surface area contributed by atoms with E-state index in [2.05, 4.69) is 6.92 Å². The summed E-state index contributed by atoms with van der Waals surface area (Å²) in [5.41, 5.74) is 6.68. The molecule has 0 bridgehead atoms. The fourth-order valence-electron chi connectivity index (χ4n) is 3.89. The lowest BCUT2D eigenvalue weighted by Gasteiger charge is -2.14. The molecule has 0 aromatic heterocycles. The summed E-state index contributed by atoms with van der Waals surface area (Å²) >= 11 is 0. The van der Waals surface area contributed by atoms with Gasteiger partial charge in [-0.25, -0.2) is 8.42 Å². The molecular weight excluding hydrogens is 362 g/mol. The molecule has 0 unspecified atom stereocenters. The van der Waals surface area contributed by atoms with Crippen molar-refractivity contribution in [3.63, 3.8) is 0 Å². The molecule has 1 fully saturated rings. The lowest BCUT2D eigenvalue weighted by molar-refractivity contribution is -0.149. The third kappa shape index (κ3) is 3.17. The molecule has 0 amide bonds. The Labute approximate surface area is 160 Å². The van der Waals surface area contributed by atoms with Gasteiger partial charge in [-0.3, -0.25) is 4.79 Å². The third-order valence-electron chi connectivity index (χ3n) is 5.40. The van der Waals surface area contributed by atoms with Gasteiger partial charge in [-0.1, -0.05) is 49.4 Å². The lowest BCUT2D eigenvalue weighted by atomic mass is 9.98. The minimum Gasteiger partial charge on any atom is -0.465 e. The van der Waals surface area contributed by atoms with Crippen LogP contribution >= 0.6 is 0 Å². The number of benzene rings is 2. The predicted molar refractivity (Wildman–Crippen MR) is 104 cm³/mol. The first-order valence-corrected chi connectivity index (χ1v) is 10.7. The second-order valence-corrected chi connectivity index (χ2v) is 8.89. The molecule has 3 atom stereocenters. The molecule has 6 heteroatoms. The molecule has 2 aromatic carbocycles. The summed E-state index contributed by atoms with van der Waals surface area (Å²) in [7, 11) is -3.74. The smallest absolute Gasteiger partial charge is 0.315 e. The van der Waals surface area contributed by atoms with E-state index in [1.165, 1.54) is 0 Å². The SMILES string of the molecule is CCOC(=O)[C@@]1(CN)[C@@H](c2ccc(CC)cc2)[C@@H]1S(=O)(=O)c1ccccc1. The van der Waals surface area contributed by atoms with Gasteiger partial charge in [-0.15, -0.1) is 0 Å². The van der Waals surface area contributed by atoms with Gasteiger partial charge >= 0.3 is 5.97 Å². The fourth-order valence-corrected chi connectivity index (χ4v) is 6.29. The Balaban J connectivity index is 2.09. The molecule has 0 aliphatic heterocycles. The molecule has 1 saturated carbocycles. The van der Waals surface area contributed by atoms with Crippen LogP contribution in [0.1, 0.15) is 30.9 Å². The topological polar surface area (TPSA) is 86.5 Å². The van der Waals surface area contributed by atoms with Gasteiger partial charge in [0.1, 0.15) is 5.41 Å². The molecule has 1 aliphatic rings. The maximum Gasteiger partial charge on any atom is 0.315 e. The molecule has 2 aromatic rings. The second-order valence-electron chi connectivity index (χ2n) is 6.82. The number of esters is 1. The summed E-state index contributed by atoms with van der Waals surface area (Å²) in [5, 5.41) is -0.927. The molecule has 0 radical (unpaired) electrons. The number of hydrogen-bond donors (Lipinski definition) is 1. The summed E-state index contributed by atoms with van der Waals surface area (Å²) in [6, 6.07) is 15.9. The average Bonchev–Trinajstić information content (AvgIpc) is 3.40. The zero-order valence-electron chi connectivity index (χ0n) is 15.6. The van der Waals surface area contributed by atoms with Crippen LogP contribution in [-0.4, -0.2) is 32.8 Å². The van der Waals surface area contributed by atoms with E-state index in [9.17, 15) is 13.2 Å². The van der Waals surface area contributed by atoms with E-state index in [1.54, 1.807) is 37.3 Å². The number of nitrogens with two attached hydrogens (primary N) is 1. The average molecular weight is 388 g/mol. The first kappa shape index (κ1) is 19.6. The van der Waals surface area contributed by atoms with Crippen molar-refractivity contribution in [2.24, 2.45) is 11.1 Å². The summed E-state index contributed by atoms with van der Waals surface area (Å²) in [6.07, 6.45) is 0.886. The molecule has 3 rings (SSSR count). The maximum atomic E-state index is 13.3. The van der Waals surface area contributed by atoms with Gasteiger partial charge in [-0.05, 0) is 36.6 Å². The van der Waals surface area contributed by atoms with Gasteiger partial charge in [0.15, 0.2) is 9.84 Å². The lowest BCUT2D eigenvalue weighted by Crippen LogP contribution is -2.33. The van der Waals surface area contributed by atoms with Crippen molar-refractivity contribution >= 4 is 15.8 Å². The molecule has 0 heterocycles. The number of rotatable bonds is 7. The van der Waals surface area contributed by atoms with Crippen molar-refractivity contribution in [2.45, 2.75) is 36.3 Å². The summed E-state index contributed by atoms with van der Waals surface area (Å²) < 4.78 is 31.9. The highest BCUT2D eigenvalue weighted by Crippen LogP contribution is 2.64. The molecule has 0 saturated heterocycles. The Bertz CT molecular complexity index is 909. The van der Waals surface area contributed by atoms with Crippen LogP contribution in [0.5, 0.6) is 0 Å². The Morgan fingerprint density at radius 1 is 1.07 bits per heavy atom. The molecule has 5 nitrogen and oxygen atoms in total. The van der Waals surface area contributed by atoms with Crippen molar-refractivity contribution in [3.05, 3.63) is 65.7 Å². The minimum absolute atomic E-state index is 0.0806. The normalized spacial score (nSPS) is 24.4. The Kier molecular flexibility index (Phi) is 5.40. The Morgan fingerprint density at radius 3 is 2.22 bits per heavy atom. The number of carbonyl (C=O) groups excluding carboxylic acids is 1. The van der Waals surface area contributed by atoms with Gasteiger partial charge < -0.3 is 10.5 Å². The van der Waals surface area contributed by atoms with Crippen LogP contribution in [-0.2, 0) is 25.8 Å². The van der Waals surface area contributed by atoms with Gasteiger partial charge in [0, 0.05) is 12.5 Å². The van der Waals surface area contributed by atoms with Crippen LogP contribution in [0.2, 0.25) is 0 Å². The third-order valence-corrected chi connectivity index (χ3v) is 7.69. The van der Waals surface area contributed by atoms with Crippen LogP contribution in [0.25, 0.3) is 0 Å². The van der Waals surface area contributed by atoms with E-state index < -0.39 is 32.4 Å². The quantitative estimate of drug-likeness (QED) is 0.738. The highest BCUT2D eigenvalue weighted by Gasteiger charge is 2.75. The van der Waals surface area contributed by atoms with Crippen molar-refractivity contribution in [1.29, 1.82) is 0 Å². The van der Waals surface area contributed by atoms with Gasteiger partial charge in [0.2, 0.25) is 0 Å². The summed E-state index contributed by atoms with van der Waals surface area (Å²) in [6.45, 7) is 3.86. The molecule has 1 aliphatic carbocycles. The van der Waals surface area contributed by atoms with E-state index >= 15 is 0 Å². The fraction of sp³-hybridized carbons (Fsp3) is 0.381. The van der Waals surface area contributed by atoms with Crippen molar-refractivity contribution in [1.82, 2.24) is 0 Å². The van der Waals surface area contributed by atoms with E-state index in [1.807, 2.05) is 24.3 Å². The minimum atomic E-state index is -3.74. The summed E-state index contributed by atoms with van der Waals surface area (Å²) in [5.74, 6) is -1.06. The molecule has 2 N–H and O–H groups in total. The molecule has 0 spiro atoms. The zero-order valence-corrected chi connectivity index (χ0v) is 16.4. The van der Waals surface area contributed by atoms with Crippen LogP contribution in [0.4, 0.5) is 0 Å². The van der Waals surface area contributed by atoms with Crippen LogP contribution in [0, 0.1) is 5.41 Å². The van der Waals surface area contributed by atoms with Crippen molar-refractivity contribution in [3.8, 4) is 0 Å². The molecule has 144 valence electrons. The predicted octanol–water partition coefficient (Wildman–Crippen LogP) is 2.70. The van der Waals surface area contributed by atoms with Crippen molar-refractivity contribution in [2.75, 3.05) is 13.2 Å². The van der Waals surface area contributed by atoms with Crippen molar-refractivity contribution < 1.29 is 17.9 Å². The molecular formula is C21H25NO4S. The van der Waals surface area contributed by atoms with E-state index in [-0.39, 0.29) is 18.0 Å². The van der Waals surface area contributed by atoms with Gasteiger partial charge in [0.25, 0.3) is 0 Å². The van der Waals surface area contributed by atoms with Crippen LogP contribution < -0.4 is 5.73 Å². The first-order valence-electron chi connectivity index (χ1n) is 9.18. The first-order chi connectivity index (χ1) is 12.9. The number of carbonyl (C=O) groups is 1. The number of hydrogen-bond acceptors (Lipinski definition) is 5. The summed E-state index contributed by atoms with van der Waals surface area (Å²) in [4.78, 5) is 13.0.